The first-order chi connectivity index (χ1) is 25.0. The van der Waals surface area contributed by atoms with Crippen LogP contribution >= 0.6 is 0 Å². The fraction of sp³-hybridized carbons (Fsp3) is 0.350. The van der Waals surface area contributed by atoms with Gasteiger partial charge in [0, 0.05) is 67.1 Å². The number of rotatable bonds is 8. The molecule has 0 N–H and O–H groups in total. The molecule has 0 fully saturated rings. The highest BCUT2D eigenvalue weighted by atomic mass is 19.1. The van der Waals surface area contributed by atoms with Crippen molar-refractivity contribution in [2.24, 2.45) is 0 Å². The number of aromatic nitrogens is 6. The molecule has 10 nitrogen and oxygen atoms in total. The Balaban J connectivity index is 0.000000150. The van der Waals surface area contributed by atoms with Gasteiger partial charge in [0.25, 0.3) is 0 Å². The predicted octanol–water partition coefficient (Wildman–Crippen LogP) is 6.13. The summed E-state index contributed by atoms with van der Waals surface area (Å²) in [5.41, 5.74) is 11.0. The van der Waals surface area contributed by atoms with Crippen molar-refractivity contribution in [1.29, 1.82) is 0 Å². The maximum Gasteiger partial charge on any atom is 0.168 e. The van der Waals surface area contributed by atoms with E-state index < -0.39 is 0 Å². The van der Waals surface area contributed by atoms with Gasteiger partial charge >= 0.3 is 0 Å². The largest absolute Gasteiger partial charge is 0.493 e. The second kappa shape index (κ2) is 14.6. The molecule has 0 bridgehead atoms. The number of ether oxygens (including phenoxy) is 1. The van der Waals surface area contributed by atoms with Crippen molar-refractivity contribution in [3.05, 3.63) is 125 Å². The van der Waals surface area contributed by atoms with Gasteiger partial charge in [0.15, 0.2) is 11.3 Å². The fourth-order valence-corrected chi connectivity index (χ4v) is 7.41. The molecule has 8 heterocycles. The third-order valence-electron chi connectivity index (χ3n) is 10.4. The first-order valence-corrected chi connectivity index (χ1v) is 17.9. The maximum atomic E-state index is 14.4. The fourth-order valence-electron chi connectivity index (χ4n) is 7.41. The van der Waals surface area contributed by atoms with Crippen molar-refractivity contribution in [2.45, 2.75) is 44.9 Å². The Morgan fingerprint density at radius 2 is 1.33 bits per heavy atom. The highest BCUT2D eigenvalue weighted by Gasteiger charge is 2.21. The van der Waals surface area contributed by atoms with Gasteiger partial charge in [-0.2, -0.15) is 0 Å². The van der Waals surface area contributed by atoms with Crippen LogP contribution in [0.15, 0.2) is 84.0 Å². The monoisotopic (exact) mass is 686 g/mol. The number of aryl methyl sites for hydroxylation is 3. The lowest BCUT2D eigenvalue weighted by molar-refractivity contribution is 0.356. The lowest BCUT2D eigenvalue weighted by Gasteiger charge is -2.22. The van der Waals surface area contributed by atoms with Gasteiger partial charge in [-0.1, -0.05) is 12.2 Å². The normalized spacial score (nSPS) is 16.5. The van der Waals surface area contributed by atoms with Gasteiger partial charge in [0.2, 0.25) is 0 Å². The first kappa shape index (κ1) is 33.0. The van der Waals surface area contributed by atoms with Crippen LogP contribution in [0.5, 0.6) is 5.75 Å². The van der Waals surface area contributed by atoms with Crippen molar-refractivity contribution in [3.8, 4) is 5.75 Å². The van der Waals surface area contributed by atoms with Gasteiger partial charge in [-0.25, -0.2) is 4.39 Å². The van der Waals surface area contributed by atoms with E-state index >= 15 is 0 Å². The smallest absolute Gasteiger partial charge is 0.168 e. The molecule has 0 atom stereocenters. The van der Waals surface area contributed by atoms with Crippen LogP contribution in [-0.2, 0) is 32.1 Å². The minimum absolute atomic E-state index is 0.141. The van der Waals surface area contributed by atoms with Gasteiger partial charge in [0.1, 0.15) is 30.0 Å². The Morgan fingerprint density at radius 3 is 1.90 bits per heavy atom. The van der Waals surface area contributed by atoms with Gasteiger partial charge in [0.05, 0.1) is 12.9 Å². The summed E-state index contributed by atoms with van der Waals surface area (Å²) in [7, 11) is 4.28. The van der Waals surface area contributed by atoms with E-state index in [-0.39, 0.29) is 5.82 Å². The van der Waals surface area contributed by atoms with Crippen LogP contribution in [0.3, 0.4) is 0 Å². The molecule has 0 spiro atoms. The summed E-state index contributed by atoms with van der Waals surface area (Å²) in [6.45, 7) is 4.73. The number of fused-ring (bicyclic) bond motifs is 3. The molecule has 9 rings (SSSR count). The second-order valence-corrected chi connectivity index (χ2v) is 13.7. The van der Waals surface area contributed by atoms with E-state index in [0.717, 1.165) is 110 Å². The Kier molecular flexibility index (Phi) is 9.47. The lowest BCUT2D eigenvalue weighted by atomic mass is 9.97. The Hall–Kier alpha value is -5.13. The summed E-state index contributed by atoms with van der Waals surface area (Å²) < 4.78 is 29.6. The number of likely N-dealkylation sites (N-methyl/N-ethyl adjacent to an activating group) is 2. The zero-order valence-electron chi connectivity index (χ0n) is 29.3. The van der Waals surface area contributed by atoms with E-state index in [1.165, 1.54) is 28.5 Å². The lowest BCUT2D eigenvalue weighted by Crippen LogP contribution is -2.23. The van der Waals surface area contributed by atoms with Gasteiger partial charge < -0.3 is 19.0 Å². The molecule has 0 unspecified atom stereocenters. The minimum Gasteiger partial charge on any atom is -0.493 e. The van der Waals surface area contributed by atoms with E-state index in [4.69, 9.17) is 9.15 Å². The van der Waals surface area contributed by atoms with Crippen molar-refractivity contribution in [1.82, 2.24) is 39.0 Å². The zero-order valence-corrected chi connectivity index (χ0v) is 29.3. The first-order valence-electron chi connectivity index (χ1n) is 17.9. The summed E-state index contributed by atoms with van der Waals surface area (Å²) >= 11 is 0. The third-order valence-corrected chi connectivity index (χ3v) is 10.4. The van der Waals surface area contributed by atoms with Crippen molar-refractivity contribution < 1.29 is 13.5 Å². The molecule has 6 aromatic rings. The number of pyridine rings is 2. The molecular formula is C40H43FN8O2. The Labute approximate surface area is 296 Å². The van der Waals surface area contributed by atoms with Crippen LogP contribution in [0, 0.1) is 5.82 Å². The summed E-state index contributed by atoms with van der Waals surface area (Å²) in [5.74, 6) is 1.70. The Bertz CT molecular complexity index is 2220. The molecule has 11 heteroatoms. The quantitative estimate of drug-likeness (QED) is 0.189. The van der Waals surface area contributed by atoms with E-state index in [9.17, 15) is 4.39 Å². The number of halogens is 1. The van der Waals surface area contributed by atoms with E-state index in [1.54, 1.807) is 18.7 Å². The molecule has 1 aromatic carbocycles. The highest BCUT2D eigenvalue weighted by molar-refractivity contribution is 5.77. The molecule has 0 aliphatic carbocycles. The molecule has 5 aromatic heterocycles. The standard InChI is InChI=1S/C22H23FN4O.C18H20N4O/c1-26-11-8-15(9-12-26)17-4-2-16(27-14-24-25-22(17)27)3-5-18-19-10-13-28-21(19)7-6-20(18)23;1-21-10-8-14(9-11-21)17-7-5-15(22-13-19-20-18(17)22)4-6-16-3-2-12-23-16/h2,4,6-8,14H,3,5,9-13H2,1H3;2-3,5,7-8,12-13H,4,6,9-11H2,1H3. The molecule has 0 saturated heterocycles. The average Bonchev–Trinajstić information content (AvgIpc) is 3.99. The highest BCUT2D eigenvalue weighted by Crippen LogP contribution is 2.32. The van der Waals surface area contributed by atoms with E-state index in [2.05, 4.69) is 85.1 Å². The SMILES string of the molecule is CN1CC=C(c2ccc(CCc3c(F)ccc4c3CCO4)n3cnnc23)CC1.CN1CC=C(c2ccc(CCc3ccco3)n3cnnc23)CC1. The van der Waals surface area contributed by atoms with Gasteiger partial charge in [-0.05, 0) is 111 Å². The number of furan rings is 1. The zero-order chi connectivity index (χ0) is 34.7. The topological polar surface area (TPSA) is 89.2 Å². The van der Waals surface area contributed by atoms with Gasteiger partial charge in [-0.15, -0.1) is 20.4 Å². The van der Waals surface area contributed by atoms with Crippen LogP contribution in [0.4, 0.5) is 4.39 Å². The van der Waals surface area contributed by atoms with E-state index in [0.29, 0.717) is 13.0 Å². The molecule has 0 amide bonds. The maximum absolute atomic E-state index is 14.4. The molecule has 262 valence electrons. The van der Waals surface area contributed by atoms with Crippen molar-refractivity contribution in [3.63, 3.8) is 0 Å². The van der Waals surface area contributed by atoms with E-state index in [1.807, 2.05) is 22.9 Å². The number of hydrogen-bond donors (Lipinski definition) is 0. The second-order valence-electron chi connectivity index (χ2n) is 13.7. The number of benzene rings is 1. The van der Waals surface area contributed by atoms with Crippen LogP contribution in [0.25, 0.3) is 22.4 Å². The van der Waals surface area contributed by atoms with Crippen LogP contribution in [0.1, 0.15) is 52.2 Å². The molecular weight excluding hydrogens is 643 g/mol. The van der Waals surface area contributed by atoms with Crippen LogP contribution in [-0.4, -0.2) is 85.9 Å². The van der Waals surface area contributed by atoms with Gasteiger partial charge in [-0.3, -0.25) is 8.80 Å². The predicted molar refractivity (Wildman–Crippen MR) is 195 cm³/mol. The number of hydrogen-bond acceptors (Lipinski definition) is 8. The van der Waals surface area contributed by atoms with Crippen LogP contribution in [0.2, 0.25) is 0 Å². The van der Waals surface area contributed by atoms with Crippen LogP contribution < -0.4 is 4.74 Å². The summed E-state index contributed by atoms with van der Waals surface area (Å²) in [5, 5.41) is 17.0. The molecule has 0 radical (unpaired) electrons. The van der Waals surface area contributed by atoms with Crippen molar-refractivity contribution in [2.75, 3.05) is 46.9 Å². The Morgan fingerprint density at radius 1 is 0.706 bits per heavy atom. The molecule has 51 heavy (non-hydrogen) atoms. The minimum atomic E-state index is -0.141. The third kappa shape index (κ3) is 6.96. The molecule has 3 aliphatic rings. The molecule has 3 aliphatic heterocycles. The summed E-state index contributed by atoms with van der Waals surface area (Å²) in [4.78, 5) is 4.62. The number of nitrogens with zero attached hydrogens (tertiary/aromatic N) is 8. The summed E-state index contributed by atoms with van der Waals surface area (Å²) in [6, 6.07) is 15.9. The summed E-state index contributed by atoms with van der Waals surface area (Å²) in [6.07, 6.45) is 15.9. The average molecular weight is 687 g/mol. The van der Waals surface area contributed by atoms with Crippen molar-refractivity contribution >= 4 is 22.4 Å². The molecule has 0 saturated carbocycles.